The lowest BCUT2D eigenvalue weighted by Crippen LogP contribution is -2.39. The summed E-state index contributed by atoms with van der Waals surface area (Å²) in [7, 11) is 3.24. The fourth-order valence-corrected chi connectivity index (χ4v) is 2.61. The molecular weight excluding hydrogens is 489 g/mol. The molecule has 2 N–H and O–H groups in total. The zero-order valence-corrected chi connectivity index (χ0v) is 18.6. The number of ether oxygens (including phenoxy) is 3. The van der Waals surface area contributed by atoms with Gasteiger partial charge in [-0.25, -0.2) is 4.99 Å². The van der Waals surface area contributed by atoms with Crippen LogP contribution >= 0.6 is 39.9 Å². The van der Waals surface area contributed by atoms with Crippen LogP contribution in [0.3, 0.4) is 0 Å². The van der Waals surface area contributed by atoms with Crippen LogP contribution in [-0.4, -0.2) is 46.5 Å². The van der Waals surface area contributed by atoms with Crippen LogP contribution in [0.1, 0.15) is 19.4 Å². The number of hydrogen-bond donors (Lipinski definition) is 2. The Bertz CT molecular complexity index is 516. The summed E-state index contributed by atoms with van der Waals surface area (Å²) in [6.07, 6.45) is 0. The van der Waals surface area contributed by atoms with Crippen molar-refractivity contribution in [2.45, 2.75) is 20.4 Å². The second-order valence-electron chi connectivity index (χ2n) is 4.63. The Morgan fingerprint density at radius 3 is 2.50 bits per heavy atom. The van der Waals surface area contributed by atoms with Gasteiger partial charge >= 0.3 is 0 Å². The van der Waals surface area contributed by atoms with Crippen molar-refractivity contribution in [3.8, 4) is 11.5 Å². The molecule has 8 heteroatoms. The Hall–Kier alpha value is -0.740. The van der Waals surface area contributed by atoms with Gasteiger partial charge in [0.2, 0.25) is 0 Å². The van der Waals surface area contributed by atoms with Crippen molar-refractivity contribution in [1.82, 2.24) is 10.6 Å². The highest BCUT2D eigenvalue weighted by Crippen LogP contribution is 2.36. The molecule has 24 heavy (non-hydrogen) atoms. The van der Waals surface area contributed by atoms with E-state index in [1.807, 2.05) is 26.0 Å². The highest BCUT2D eigenvalue weighted by molar-refractivity contribution is 14.0. The zero-order valence-electron chi connectivity index (χ0n) is 14.6. The molecule has 0 aromatic heterocycles. The van der Waals surface area contributed by atoms with Gasteiger partial charge in [-0.3, -0.25) is 0 Å². The second-order valence-corrected chi connectivity index (χ2v) is 5.49. The van der Waals surface area contributed by atoms with Crippen molar-refractivity contribution in [1.29, 1.82) is 0 Å². The Labute approximate surface area is 169 Å². The van der Waals surface area contributed by atoms with Crippen molar-refractivity contribution in [2.75, 3.05) is 40.5 Å². The second kappa shape index (κ2) is 13.5. The first-order valence-electron chi connectivity index (χ1n) is 7.66. The summed E-state index contributed by atoms with van der Waals surface area (Å²) in [5.41, 5.74) is 1.02. The van der Waals surface area contributed by atoms with E-state index in [0.29, 0.717) is 24.7 Å². The standard InChI is InChI=1S/C16H26BrN3O3.HI/c1-5-18-16(19-7-8-23-6-2)20-11-12-9-13(17)15(22-4)14(10-12)21-3;/h9-10H,5-8,11H2,1-4H3,(H2,18,19,20);1H. The van der Waals surface area contributed by atoms with E-state index in [-0.39, 0.29) is 24.0 Å². The molecule has 1 aromatic rings. The minimum absolute atomic E-state index is 0. The van der Waals surface area contributed by atoms with Crippen LogP contribution in [0.5, 0.6) is 11.5 Å². The third-order valence-corrected chi connectivity index (χ3v) is 3.59. The summed E-state index contributed by atoms with van der Waals surface area (Å²) >= 11 is 3.49. The lowest BCUT2D eigenvalue weighted by Gasteiger charge is -2.13. The van der Waals surface area contributed by atoms with Gasteiger partial charge in [0.1, 0.15) is 0 Å². The lowest BCUT2D eigenvalue weighted by atomic mass is 10.2. The third-order valence-electron chi connectivity index (χ3n) is 3.00. The van der Waals surface area contributed by atoms with Gasteiger partial charge in [-0.2, -0.15) is 0 Å². The topological polar surface area (TPSA) is 64.1 Å². The predicted octanol–water partition coefficient (Wildman–Crippen LogP) is 3.18. The summed E-state index contributed by atoms with van der Waals surface area (Å²) < 4.78 is 16.8. The molecule has 0 aliphatic rings. The van der Waals surface area contributed by atoms with Crippen molar-refractivity contribution < 1.29 is 14.2 Å². The van der Waals surface area contributed by atoms with Crippen LogP contribution in [0.2, 0.25) is 0 Å². The Morgan fingerprint density at radius 1 is 1.17 bits per heavy atom. The van der Waals surface area contributed by atoms with E-state index in [1.165, 1.54) is 0 Å². The molecule has 0 saturated heterocycles. The Morgan fingerprint density at radius 2 is 1.92 bits per heavy atom. The number of guanidine groups is 1. The molecule has 0 unspecified atom stereocenters. The first-order chi connectivity index (χ1) is 11.2. The van der Waals surface area contributed by atoms with Gasteiger partial charge < -0.3 is 24.8 Å². The smallest absolute Gasteiger partial charge is 0.191 e. The van der Waals surface area contributed by atoms with E-state index < -0.39 is 0 Å². The number of methoxy groups -OCH3 is 2. The molecule has 0 heterocycles. The van der Waals surface area contributed by atoms with E-state index >= 15 is 0 Å². The average molecular weight is 516 g/mol. The summed E-state index contributed by atoms with van der Waals surface area (Å²) in [5.74, 6) is 2.13. The van der Waals surface area contributed by atoms with Gasteiger partial charge in [-0.15, -0.1) is 24.0 Å². The number of nitrogens with one attached hydrogen (secondary N) is 2. The van der Waals surface area contributed by atoms with Gasteiger partial charge in [0, 0.05) is 19.7 Å². The van der Waals surface area contributed by atoms with Crippen LogP contribution in [-0.2, 0) is 11.3 Å². The molecule has 0 fully saturated rings. The van der Waals surface area contributed by atoms with E-state index in [4.69, 9.17) is 14.2 Å². The first kappa shape index (κ1) is 23.3. The molecular formula is C16H27BrIN3O3. The monoisotopic (exact) mass is 515 g/mol. The largest absolute Gasteiger partial charge is 0.493 e. The molecule has 0 amide bonds. The lowest BCUT2D eigenvalue weighted by molar-refractivity contribution is 0.152. The van der Waals surface area contributed by atoms with Crippen LogP contribution < -0.4 is 20.1 Å². The molecule has 6 nitrogen and oxygen atoms in total. The Kier molecular flexibility index (Phi) is 13.1. The molecule has 1 rings (SSSR count). The molecule has 0 spiro atoms. The van der Waals surface area contributed by atoms with Crippen molar-refractivity contribution in [3.05, 3.63) is 22.2 Å². The zero-order chi connectivity index (χ0) is 17.1. The van der Waals surface area contributed by atoms with E-state index in [1.54, 1.807) is 14.2 Å². The molecule has 0 radical (unpaired) electrons. The van der Waals surface area contributed by atoms with Crippen molar-refractivity contribution in [2.24, 2.45) is 4.99 Å². The molecule has 0 aliphatic heterocycles. The number of aliphatic imine (C=N–C) groups is 1. The van der Waals surface area contributed by atoms with Gasteiger partial charge in [0.25, 0.3) is 0 Å². The SMILES string of the molecule is CCNC(=NCc1cc(Br)c(OC)c(OC)c1)NCCOCC.I. The van der Waals surface area contributed by atoms with E-state index in [9.17, 15) is 0 Å². The fraction of sp³-hybridized carbons (Fsp3) is 0.562. The van der Waals surface area contributed by atoms with Gasteiger partial charge in [0.05, 0.1) is 31.8 Å². The highest BCUT2D eigenvalue weighted by Gasteiger charge is 2.10. The minimum atomic E-state index is 0. The van der Waals surface area contributed by atoms with Crippen LogP contribution in [0.4, 0.5) is 0 Å². The van der Waals surface area contributed by atoms with Gasteiger partial charge in [-0.05, 0) is 47.5 Å². The summed E-state index contributed by atoms with van der Waals surface area (Å²) in [6, 6.07) is 3.91. The minimum Gasteiger partial charge on any atom is -0.493 e. The highest BCUT2D eigenvalue weighted by atomic mass is 127. The number of nitrogens with zero attached hydrogens (tertiary/aromatic N) is 1. The maximum absolute atomic E-state index is 5.35. The van der Waals surface area contributed by atoms with Gasteiger partial charge in [-0.1, -0.05) is 0 Å². The normalized spacial score (nSPS) is 10.8. The number of benzene rings is 1. The van der Waals surface area contributed by atoms with Crippen molar-refractivity contribution >= 4 is 45.9 Å². The number of rotatable bonds is 9. The molecule has 0 atom stereocenters. The number of halogens is 2. The first-order valence-corrected chi connectivity index (χ1v) is 8.45. The maximum atomic E-state index is 5.35. The number of hydrogen-bond acceptors (Lipinski definition) is 4. The van der Waals surface area contributed by atoms with E-state index in [2.05, 4.69) is 31.6 Å². The molecule has 0 aliphatic carbocycles. The van der Waals surface area contributed by atoms with Crippen LogP contribution in [0, 0.1) is 0 Å². The summed E-state index contributed by atoms with van der Waals surface area (Å²) in [5, 5.41) is 6.45. The van der Waals surface area contributed by atoms with Crippen LogP contribution in [0.15, 0.2) is 21.6 Å². The third kappa shape index (κ3) is 7.89. The quantitative estimate of drug-likeness (QED) is 0.229. The van der Waals surface area contributed by atoms with Crippen LogP contribution in [0.25, 0.3) is 0 Å². The van der Waals surface area contributed by atoms with Gasteiger partial charge in [0.15, 0.2) is 17.5 Å². The maximum Gasteiger partial charge on any atom is 0.191 e. The molecule has 0 bridgehead atoms. The summed E-state index contributed by atoms with van der Waals surface area (Å²) in [6.45, 7) is 7.44. The van der Waals surface area contributed by atoms with Crippen molar-refractivity contribution in [3.63, 3.8) is 0 Å². The molecule has 138 valence electrons. The Balaban J connectivity index is 0.00000529. The fourth-order valence-electron chi connectivity index (χ4n) is 1.96. The predicted molar refractivity (Wildman–Crippen MR) is 112 cm³/mol. The summed E-state index contributed by atoms with van der Waals surface area (Å²) in [4.78, 5) is 4.58. The molecule has 0 saturated carbocycles. The average Bonchev–Trinajstić information content (AvgIpc) is 2.55. The molecule has 1 aromatic carbocycles. The van der Waals surface area contributed by atoms with E-state index in [0.717, 1.165) is 35.7 Å².